The highest BCUT2D eigenvalue weighted by atomic mass is 28.4. The van der Waals surface area contributed by atoms with Crippen LogP contribution in [0.2, 0.25) is 0 Å². The molecule has 0 saturated carbocycles. The first-order chi connectivity index (χ1) is 31.1. The molecule has 3 aliphatic rings. The first-order valence-corrected chi connectivity index (χ1v) is 24.8. The van der Waals surface area contributed by atoms with E-state index in [0.717, 1.165) is 87.1 Å². The predicted molar refractivity (Wildman–Crippen MR) is 263 cm³/mol. The van der Waals surface area contributed by atoms with Crippen molar-refractivity contribution in [2.45, 2.75) is 123 Å². The molecule has 5 aromatic rings. The molecule has 0 radical (unpaired) electrons. The van der Waals surface area contributed by atoms with Crippen LogP contribution in [-0.2, 0) is 28.7 Å². The summed E-state index contributed by atoms with van der Waals surface area (Å²) in [5.74, 6) is 1.79. The molecule has 0 amide bonds. The van der Waals surface area contributed by atoms with Crippen molar-refractivity contribution in [1.29, 1.82) is 0 Å². The molecule has 0 aromatic heterocycles. The van der Waals surface area contributed by atoms with E-state index in [4.69, 9.17) is 38.5 Å². The fourth-order valence-electron chi connectivity index (χ4n) is 9.68. The van der Waals surface area contributed by atoms with Gasteiger partial charge in [-0.2, -0.15) is 0 Å². The van der Waals surface area contributed by atoms with Crippen molar-refractivity contribution in [3.05, 3.63) is 130 Å². The molecule has 1 unspecified atom stereocenters. The van der Waals surface area contributed by atoms with E-state index in [0.29, 0.717) is 17.2 Å². The molecular weight excluding hydrogens is 848 g/mol. The lowest BCUT2D eigenvalue weighted by atomic mass is 9.76. The smallest absolute Gasteiger partial charge is 0.495 e. The number of halogens is 1. The van der Waals surface area contributed by atoms with E-state index in [2.05, 4.69) is 53.9 Å². The number of methoxy groups -OCH3 is 1. The Morgan fingerprint density at radius 3 is 1.94 bits per heavy atom. The second kappa shape index (κ2) is 17.5. The summed E-state index contributed by atoms with van der Waals surface area (Å²) in [7, 11) is -1.95. The molecule has 2 aliphatic heterocycles. The Morgan fingerprint density at radius 1 is 0.758 bits per heavy atom. The molecule has 1 aliphatic carbocycles. The lowest BCUT2D eigenvalue weighted by Gasteiger charge is -2.41. The van der Waals surface area contributed by atoms with E-state index in [1.165, 1.54) is 18.6 Å². The zero-order valence-corrected chi connectivity index (χ0v) is 41.7. The average molecular weight is 913 g/mol. The molecule has 1 saturated heterocycles. The van der Waals surface area contributed by atoms with Crippen molar-refractivity contribution in [3.8, 4) is 28.4 Å². The van der Waals surface area contributed by atoms with E-state index in [9.17, 15) is 4.39 Å². The van der Waals surface area contributed by atoms with Crippen LogP contribution >= 0.6 is 0 Å². The maximum atomic E-state index is 14.7. The van der Waals surface area contributed by atoms with Crippen LogP contribution in [-0.4, -0.2) is 59.3 Å². The van der Waals surface area contributed by atoms with Crippen molar-refractivity contribution >= 4 is 37.3 Å². The molecular formula is C55H65FN2O7Si. The quantitative estimate of drug-likeness (QED) is 0.0696. The SMILES string of the molecule is [C-]#[N+]c1ccc2c(c1)C(C)(C)c1c3c(c4cc(OC)c(N5CCCCC5)cc4c1-2)OC(c1ccc(F)cc1)(c1ccc(OCCO[Si](OC(C)(C)C)(OC(C)(C)C)OC(C)(C)C)cc1)C=C3. The zero-order chi connectivity index (χ0) is 47.5. The number of benzene rings is 5. The summed E-state index contributed by atoms with van der Waals surface area (Å²) in [6, 6.07) is 24.9. The number of anilines is 1. The topological polar surface area (TPSA) is 72.2 Å². The standard InChI is InChI=1S/C55H65FN2O7Si/c1-51(2,3)63-66(64-52(4,5)6,65-53(7,8)9)61-32-31-60-40-24-19-37(20-25-40)55(36-17-21-38(56)22-18-36)28-27-42-49-48(41-26-23-39(57-12)33-45(41)54(49,10)11)43-34-46(58-29-15-14-16-30-58)47(59-13)35-44(43)50(42)62-55/h17-28,33-35H,14-16,29-32H2,1-11,13H3. The van der Waals surface area contributed by atoms with Gasteiger partial charge in [-0.1, -0.05) is 62.4 Å². The van der Waals surface area contributed by atoms with Crippen LogP contribution in [0.3, 0.4) is 0 Å². The Morgan fingerprint density at radius 2 is 1.36 bits per heavy atom. The lowest BCUT2D eigenvalue weighted by molar-refractivity contribution is -0.135. The van der Waals surface area contributed by atoms with Gasteiger partial charge >= 0.3 is 9.05 Å². The normalized spacial score (nSPS) is 18.0. The third-order valence-corrected chi connectivity index (χ3v) is 15.4. The minimum atomic E-state index is -3.68. The van der Waals surface area contributed by atoms with Gasteiger partial charge in [-0.3, -0.25) is 0 Å². The molecule has 0 bridgehead atoms. The molecule has 1 fully saturated rings. The van der Waals surface area contributed by atoms with Crippen molar-refractivity contribution in [1.82, 2.24) is 0 Å². The maximum absolute atomic E-state index is 14.7. The molecule has 8 rings (SSSR count). The second-order valence-electron chi connectivity index (χ2n) is 21.1. The fourth-order valence-corrected chi connectivity index (χ4v) is 12.6. The van der Waals surface area contributed by atoms with E-state index < -0.39 is 36.9 Å². The maximum Gasteiger partial charge on any atom is 0.681 e. The van der Waals surface area contributed by atoms with Crippen molar-refractivity contribution in [2.24, 2.45) is 0 Å². The number of hydrogen-bond acceptors (Lipinski definition) is 8. The molecule has 0 spiro atoms. The van der Waals surface area contributed by atoms with Gasteiger partial charge < -0.3 is 36.8 Å². The van der Waals surface area contributed by atoms with Crippen molar-refractivity contribution in [2.75, 3.05) is 38.3 Å². The Balaban J connectivity index is 1.19. The highest BCUT2D eigenvalue weighted by Crippen LogP contribution is 2.59. The summed E-state index contributed by atoms with van der Waals surface area (Å²) >= 11 is 0. The number of hydrogen-bond donors (Lipinski definition) is 0. The van der Waals surface area contributed by atoms with E-state index in [1.807, 2.05) is 98.7 Å². The van der Waals surface area contributed by atoms with Crippen LogP contribution in [0.15, 0.2) is 84.9 Å². The van der Waals surface area contributed by atoms with Gasteiger partial charge in [0.2, 0.25) is 0 Å². The van der Waals surface area contributed by atoms with E-state index >= 15 is 0 Å². The first-order valence-electron chi connectivity index (χ1n) is 23.2. The van der Waals surface area contributed by atoms with Gasteiger partial charge in [-0.25, -0.2) is 9.24 Å². The van der Waals surface area contributed by atoms with Crippen LogP contribution in [0.1, 0.15) is 123 Å². The van der Waals surface area contributed by atoms with Gasteiger partial charge in [0.1, 0.15) is 29.7 Å². The number of piperidine rings is 1. The van der Waals surface area contributed by atoms with Crippen LogP contribution in [0.25, 0.3) is 32.8 Å². The Kier molecular flexibility index (Phi) is 12.5. The third-order valence-electron chi connectivity index (χ3n) is 12.2. The molecule has 2 heterocycles. The van der Waals surface area contributed by atoms with Crippen LogP contribution in [0, 0.1) is 12.4 Å². The molecule has 348 valence electrons. The van der Waals surface area contributed by atoms with Crippen LogP contribution < -0.4 is 19.1 Å². The third kappa shape index (κ3) is 9.36. The fraction of sp³-hybridized carbons (Fsp3) is 0.436. The molecule has 5 aromatic carbocycles. The Bertz CT molecular complexity index is 2640. The molecule has 66 heavy (non-hydrogen) atoms. The van der Waals surface area contributed by atoms with Gasteiger partial charge in [0.25, 0.3) is 0 Å². The number of fused-ring (bicyclic) bond motifs is 8. The molecule has 11 heteroatoms. The van der Waals surface area contributed by atoms with Gasteiger partial charge in [-0.15, -0.1) is 0 Å². The van der Waals surface area contributed by atoms with Crippen molar-refractivity contribution in [3.63, 3.8) is 0 Å². The van der Waals surface area contributed by atoms with Crippen LogP contribution in [0.5, 0.6) is 17.2 Å². The van der Waals surface area contributed by atoms with Gasteiger partial charge in [0, 0.05) is 40.6 Å². The summed E-state index contributed by atoms with van der Waals surface area (Å²) < 4.78 is 60.7. The van der Waals surface area contributed by atoms with Gasteiger partial charge in [0.05, 0.1) is 42.8 Å². The Labute approximate surface area is 392 Å². The monoisotopic (exact) mass is 912 g/mol. The average Bonchev–Trinajstić information content (AvgIpc) is 3.49. The first kappa shape index (κ1) is 47.3. The van der Waals surface area contributed by atoms with E-state index in [-0.39, 0.29) is 19.0 Å². The lowest BCUT2D eigenvalue weighted by Crippen LogP contribution is -2.59. The summed E-state index contributed by atoms with van der Waals surface area (Å²) in [5, 5.41) is 1.97. The minimum absolute atomic E-state index is 0.165. The highest BCUT2D eigenvalue weighted by Gasteiger charge is 2.54. The molecule has 0 N–H and O–H groups in total. The zero-order valence-electron chi connectivity index (χ0n) is 40.7. The molecule has 1 atom stereocenters. The largest absolute Gasteiger partial charge is 0.681 e. The number of rotatable bonds is 12. The van der Waals surface area contributed by atoms with Crippen LogP contribution in [0.4, 0.5) is 15.8 Å². The highest BCUT2D eigenvalue weighted by molar-refractivity contribution is 6.54. The summed E-state index contributed by atoms with van der Waals surface area (Å²) in [4.78, 5) is 6.26. The summed E-state index contributed by atoms with van der Waals surface area (Å²) in [5.41, 5.74) is 5.38. The second-order valence-corrected chi connectivity index (χ2v) is 23.0. The number of nitrogens with zero attached hydrogens (tertiary/aromatic N) is 2. The Hall–Kier alpha value is -5.22. The van der Waals surface area contributed by atoms with Gasteiger partial charge in [-0.05, 0) is 152 Å². The summed E-state index contributed by atoms with van der Waals surface area (Å²) in [6.45, 7) is 32.3. The molecule has 9 nitrogen and oxygen atoms in total. The van der Waals surface area contributed by atoms with E-state index in [1.54, 1.807) is 19.2 Å². The summed E-state index contributed by atoms with van der Waals surface area (Å²) in [6.07, 6.45) is 7.72. The minimum Gasteiger partial charge on any atom is -0.495 e. The van der Waals surface area contributed by atoms with Crippen molar-refractivity contribution < 1.29 is 36.3 Å². The number of ether oxygens (including phenoxy) is 3. The predicted octanol–water partition coefficient (Wildman–Crippen LogP) is 13.5. The van der Waals surface area contributed by atoms with Gasteiger partial charge in [0.15, 0.2) is 11.3 Å².